The van der Waals surface area contributed by atoms with Crippen LogP contribution in [-0.2, 0) is 13.0 Å². The van der Waals surface area contributed by atoms with Crippen LogP contribution in [0.3, 0.4) is 0 Å². The number of benzene rings is 1. The van der Waals surface area contributed by atoms with Gasteiger partial charge in [-0.25, -0.2) is 0 Å². The first-order valence-corrected chi connectivity index (χ1v) is 4.42. The molecular weight excluding hydrogens is 202 g/mol. The molecule has 0 fully saturated rings. The quantitative estimate of drug-likeness (QED) is 0.624. The van der Waals surface area contributed by atoms with Crippen LogP contribution >= 0.6 is 15.9 Å². The highest BCUT2D eigenvalue weighted by atomic mass is 79.9. The molecule has 1 aromatic carbocycles. The summed E-state index contributed by atoms with van der Waals surface area (Å²) in [7, 11) is 0. The van der Waals surface area contributed by atoms with Gasteiger partial charge in [-0.1, -0.05) is 28.1 Å². The van der Waals surface area contributed by atoms with E-state index >= 15 is 0 Å². The maximum absolute atomic E-state index is 4.21. The molecule has 1 heterocycles. The largest absolute Gasteiger partial charge is 0.292 e. The van der Waals surface area contributed by atoms with E-state index in [-0.39, 0.29) is 0 Å². The molecule has 0 N–H and O–H groups in total. The van der Waals surface area contributed by atoms with Crippen LogP contribution in [0.2, 0.25) is 0 Å². The van der Waals surface area contributed by atoms with Gasteiger partial charge in [0.2, 0.25) is 0 Å². The molecule has 0 radical (unpaired) electrons. The van der Waals surface area contributed by atoms with E-state index in [2.05, 4.69) is 39.1 Å². The predicted octanol–water partition coefficient (Wildman–Crippen LogP) is 2.58. The summed E-state index contributed by atoms with van der Waals surface area (Å²) in [5.41, 5.74) is 2.74. The second-order valence-corrected chi connectivity index (χ2v) is 3.46. The summed E-state index contributed by atoms with van der Waals surface area (Å²) >= 11 is 3.52. The highest BCUT2D eigenvalue weighted by molar-refractivity contribution is 9.10. The number of hydrogen-bond donors (Lipinski definition) is 0. The fourth-order valence-corrected chi connectivity index (χ4v) is 1.87. The maximum atomic E-state index is 4.21. The SMILES string of the molecule is Brc1cccc2c1CC=NC2. The Labute approximate surface area is 74.3 Å². The lowest BCUT2D eigenvalue weighted by atomic mass is 10.0. The highest BCUT2D eigenvalue weighted by Gasteiger charge is 2.07. The Kier molecular flexibility index (Phi) is 1.78. The van der Waals surface area contributed by atoms with Crippen molar-refractivity contribution in [3.63, 3.8) is 0 Å². The summed E-state index contributed by atoms with van der Waals surface area (Å²) in [6.07, 6.45) is 2.95. The fourth-order valence-electron chi connectivity index (χ4n) is 1.30. The van der Waals surface area contributed by atoms with Gasteiger partial charge in [-0.15, -0.1) is 0 Å². The molecule has 0 amide bonds. The van der Waals surface area contributed by atoms with Crippen LogP contribution in [0.5, 0.6) is 0 Å². The zero-order valence-electron chi connectivity index (χ0n) is 6.05. The summed E-state index contributed by atoms with van der Waals surface area (Å²) in [6.45, 7) is 0.842. The lowest BCUT2D eigenvalue weighted by molar-refractivity contribution is 0.999. The highest BCUT2D eigenvalue weighted by Crippen LogP contribution is 2.23. The van der Waals surface area contributed by atoms with Gasteiger partial charge in [0.25, 0.3) is 0 Å². The molecule has 56 valence electrons. The molecule has 11 heavy (non-hydrogen) atoms. The number of hydrogen-bond acceptors (Lipinski definition) is 1. The van der Waals surface area contributed by atoms with Crippen molar-refractivity contribution in [1.29, 1.82) is 0 Å². The molecule has 0 bridgehead atoms. The second-order valence-electron chi connectivity index (χ2n) is 2.60. The first kappa shape index (κ1) is 7.04. The number of nitrogens with zero attached hydrogens (tertiary/aromatic N) is 1. The summed E-state index contributed by atoms with van der Waals surface area (Å²) in [6, 6.07) is 6.28. The third kappa shape index (κ3) is 1.23. The van der Waals surface area contributed by atoms with E-state index in [0.717, 1.165) is 13.0 Å². The summed E-state index contributed by atoms with van der Waals surface area (Å²) in [4.78, 5) is 4.21. The minimum absolute atomic E-state index is 0.842. The van der Waals surface area contributed by atoms with Crippen molar-refractivity contribution < 1.29 is 0 Å². The smallest absolute Gasteiger partial charge is 0.0639 e. The van der Waals surface area contributed by atoms with Gasteiger partial charge < -0.3 is 0 Å². The van der Waals surface area contributed by atoms with Crippen molar-refractivity contribution >= 4 is 22.1 Å². The molecule has 1 aliphatic heterocycles. The van der Waals surface area contributed by atoms with E-state index in [9.17, 15) is 0 Å². The molecule has 1 aromatic rings. The normalized spacial score (nSPS) is 14.6. The minimum atomic E-state index is 0.842. The van der Waals surface area contributed by atoms with Gasteiger partial charge >= 0.3 is 0 Å². The average Bonchev–Trinajstić information content (AvgIpc) is 2.06. The standard InChI is InChI=1S/C9H8BrN/c10-9-3-1-2-7-6-11-5-4-8(7)9/h1-3,5H,4,6H2. The van der Waals surface area contributed by atoms with Gasteiger partial charge in [0.1, 0.15) is 0 Å². The average molecular weight is 210 g/mol. The van der Waals surface area contributed by atoms with E-state index in [1.807, 2.05) is 6.21 Å². The van der Waals surface area contributed by atoms with E-state index in [1.54, 1.807) is 0 Å². The summed E-state index contributed by atoms with van der Waals surface area (Å²) in [5, 5.41) is 0. The van der Waals surface area contributed by atoms with Gasteiger partial charge in [-0.3, -0.25) is 4.99 Å². The Balaban J connectivity index is 2.54. The van der Waals surface area contributed by atoms with Gasteiger partial charge in [-0.05, 0) is 17.2 Å². The molecule has 1 aliphatic rings. The van der Waals surface area contributed by atoms with E-state index in [1.165, 1.54) is 15.6 Å². The molecule has 0 atom stereocenters. The van der Waals surface area contributed by atoms with Crippen molar-refractivity contribution in [3.8, 4) is 0 Å². The van der Waals surface area contributed by atoms with Gasteiger partial charge in [0.15, 0.2) is 0 Å². The molecule has 0 aliphatic carbocycles. The van der Waals surface area contributed by atoms with E-state index in [4.69, 9.17) is 0 Å². The van der Waals surface area contributed by atoms with Crippen molar-refractivity contribution in [3.05, 3.63) is 33.8 Å². The van der Waals surface area contributed by atoms with E-state index in [0.29, 0.717) is 0 Å². The lowest BCUT2D eigenvalue weighted by Crippen LogP contribution is -2.00. The van der Waals surface area contributed by atoms with E-state index < -0.39 is 0 Å². The van der Waals surface area contributed by atoms with Crippen molar-refractivity contribution in [2.24, 2.45) is 4.99 Å². The van der Waals surface area contributed by atoms with Crippen LogP contribution in [0.25, 0.3) is 0 Å². The van der Waals surface area contributed by atoms with Crippen molar-refractivity contribution in [2.75, 3.05) is 0 Å². The number of aliphatic imine (C=N–C) groups is 1. The molecule has 2 rings (SSSR count). The molecule has 2 heteroatoms. The van der Waals surface area contributed by atoms with Crippen LogP contribution < -0.4 is 0 Å². The Morgan fingerprint density at radius 2 is 2.27 bits per heavy atom. The van der Waals surface area contributed by atoms with Crippen molar-refractivity contribution in [2.45, 2.75) is 13.0 Å². The van der Waals surface area contributed by atoms with Crippen molar-refractivity contribution in [1.82, 2.24) is 0 Å². The maximum Gasteiger partial charge on any atom is 0.0639 e. The number of fused-ring (bicyclic) bond motifs is 1. The van der Waals surface area contributed by atoms with Gasteiger partial charge in [0.05, 0.1) is 6.54 Å². The monoisotopic (exact) mass is 209 g/mol. The third-order valence-corrected chi connectivity index (χ3v) is 2.64. The van der Waals surface area contributed by atoms with Crippen LogP contribution in [0.1, 0.15) is 11.1 Å². The number of halogens is 1. The van der Waals surface area contributed by atoms with Gasteiger partial charge in [0, 0.05) is 17.1 Å². The summed E-state index contributed by atoms with van der Waals surface area (Å²) in [5.74, 6) is 0. The van der Waals surface area contributed by atoms with Crippen LogP contribution in [0, 0.1) is 0 Å². The number of rotatable bonds is 0. The minimum Gasteiger partial charge on any atom is -0.292 e. The molecular formula is C9H8BrN. The molecule has 0 saturated heterocycles. The van der Waals surface area contributed by atoms with Gasteiger partial charge in [-0.2, -0.15) is 0 Å². The summed E-state index contributed by atoms with van der Waals surface area (Å²) < 4.78 is 1.21. The topological polar surface area (TPSA) is 12.4 Å². The molecule has 0 saturated carbocycles. The zero-order valence-corrected chi connectivity index (χ0v) is 7.63. The van der Waals surface area contributed by atoms with Crippen LogP contribution in [0.4, 0.5) is 0 Å². The Bertz CT molecular complexity index is 304. The third-order valence-electron chi connectivity index (χ3n) is 1.90. The Morgan fingerprint density at radius 3 is 3.09 bits per heavy atom. The molecule has 0 spiro atoms. The van der Waals surface area contributed by atoms with Crippen LogP contribution in [0.15, 0.2) is 27.7 Å². The molecule has 0 aromatic heterocycles. The molecule has 0 unspecified atom stereocenters. The first-order valence-electron chi connectivity index (χ1n) is 3.62. The first-order chi connectivity index (χ1) is 5.38. The molecule has 1 nitrogen and oxygen atoms in total. The predicted molar refractivity (Wildman–Crippen MR) is 50.0 cm³/mol. The fraction of sp³-hybridized carbons (Fsp3) is 0.222. The van der Waals surface area contributed by atoms with Crippen LogP contribution in [-0.4, -0.2) is 6.21 Å². The second kappa shape index (κ2) is 2.78. The Hall–Kier alpha value is -0.630. The zero-order chi connectivity index (χ0) is 7.68. The lowest BCUT2D eigenvalue weighted by Gasteiger charge is -2.11. The Morgan fingerprint density at radius 1 is 1.36 bits per heavy atom.